The number of hydrogen-bond donors (Lipinski definition) is 1. The van der Waals surface area contributed by atoms with Crippen molar-refractivity contribution in [3.05, 3.63) is 0 Å². The molecule has 0 aromatic rings. The van der Waals surface area contributed by atoms with E-state index in [1.54, 1.807) is 0 Å². The highest BCUT2D eigenvalue weighted by molar-refractivity contribution is 5.06. The molecule has 1 N–H and O–H groups in total. The largest absolute Gasteiger partial charge is 0.302 e. The van der Waals surface area contributed by atoms with Gasteiger partial charge in [-0.2, -0.15) is 5.26 Å². The molecule has 0 aliphatic carbocycles. The van der Waals surface area contributed by atoms with Crippen LogP contribution >= 0.6 is 0 Å². The summed E-state index contributed by atoms with van der Waals surface area (Å²) in [7, 11) is 1.88. The van der Waals surface area contributed by atoms with Crippen molar-refractivity contribution in [2.24, 2.45) is 0 Å². The van der Waals surface area contributed by atoms with E-state index in [4.69, 9.17) is 0 Å². The maximum Gasteiger partial charge on any atom is 0.116 e. The maximum atomic E-state index is 9.21. The van der Waals surface area contributed by atoms with Crippen molar-refractivity contribution in [1.82, 2.24) is 15.1 Å². The van der Waals surface area contributed by atoms with Crippen molar-refractivity contribution in [3.63, 3.8) is 0 Å². The van der Waals surface area contributed by atoms with Gasteiger partial charge in [0.2, 0.25) is 0 Å². The third kappa shape index (κ3) is 3.23. The number of hydrogen-bond acceptors (Lipinski definition) is 4. The van der Waals surface area contributed by atoms with Crippen molar-refractivity contribution in [2.75, 3.05) is 39.8 Å². The van der Waals surface area contributed by atoms with Crippen LogP contribution in [-0.2, 0) is 0 Å². The van der Waals surface area contributed by atoms with Crippen molar-refractivity contribution in [3.8, 4) is 6.07 Å². The Morgan fingerprint density at radius 2 is 2.00 bits per heavy atom. The highest BCUT2D eigenvalue weighted by Gasteiger charge is 2.32. The zero-order valence-corrected chi connectivity index (χ0v) is 11.8. The third-order valence-corrected chi connectivity index (χ3v) is 4.49. The minimum absolute atomic E-state index is 0.406. The predicted octanol–water partition coefficient (Wildman–Crippen LogP) is 1.05. The molecule has 4 heteroatoms. The van der Waals surface area contributed by atoms with Gasteiger partial charge in [-0.05, 0) is 52.9 Å². The van der Waals surface area contributed by atoms with Crippen molar-refractivity contribution < 1.29 is 0 Å². The summed E-state index contributed by atoms with van der Waals surface area (Å²) in [5.41, 5.74) is -0.406. The Balaban J connectivity index is 1.83. The van der Waals surface area contributed by atoms with Crippen LogP contribution in [-0.4, -0.2) is 61.2 Å². The molecule has 2 unspecified atom stereocenters. The molecule has 0 aromatic carbocycles. The molecule has 0 spiro atoms. The van der Waals surface area contributed by atoms with Gasteiger partial charge in [-0.3, -0.25) is 9.80 Å². The summed E-state index contributed by atoms with van der Waals surface area (Å²) in [6.07, 6.45) is 5.40. The minimum Gasteiger partial charge on any atom is -0.302 e. The van der Waals surface area contributed by atoms with Crippen LogP contribution in [0.4, 0.5) is 0 Å². The van der Waals surface area contributed by atoms with Gasteiger partial charge in [-0.25, -0.2) is 0 Å². The lowest BCUT2D eigenvalue weighted by atomic mass is 10.0. The fraction of sp³-hybridized carbons (Fsp3) is 0.929. The van der Waals surface area contributed by atoms with E-state index in [1.165, 1.54) is 38.8 Å². The van der Waals surface area contributed by atoms with Crippen LogP contribution in [0.15, 0.2) is 0 Å². The first kappa shape index (κ1) is 13.8. The Morgan fingerprint density at radius 1 is 1.28 bits per heavy atom. The second-order valence-electron chi connectivity index (χ2n) is 5.97. The Kier molecular flexibility index (Phi) is 4.60. The normalized spacial score (nSPS) is 29.9. The van der Waals surface area contributed by atoms with Crippen LogP contribution in [0.5, 0.6) is 0 Å². The minimum atomic E-state index is -0.406. The summed E-state index contributed by atoms with van der Waals surface area (Å²) >= 11 is 0. The quantitative estimate of drug-likeness (QED) is 0.810. The lowest BCUT2D eigenvalue weighted by Crippen LogP contribution is -2.49. The number of rotatable bonds is 4. The molecule has 4 nitrogen and oxygen atoms in total. The van der Waals surface area contributed by atoms with E-state index < -0.39 is 5.54 Å². The number of nitrogens with zero attached hydrogens (tertiary/aromatic N) is 3. The maximum absolute atomic E-state index is 9.21. The van der Waals surface area contributed by atoms with E-state index in [9.17, 15) is 5.26 Å². The van der Waals surface area contributed by atoms with E-state index in [0.29, 0.717) is 0 Å². The molecule has 2 rings (SSSR count). The van der Waals surface area contributed by atoms with E-state index in [0.717, 1.165) is 25.7 Å². The van der Waals surface area contributed by atoms with E-state index in [-0.39, 0.29) is 0 Å². The number of piperidine rings is 1. The molecule has 18 heavy (non-hydrogen) atoms. The van der Waals surface area contributed by atoms with Gasteiger partial charge in [-0.1, -0.05) is 6.42 Å². The molecular weight excluding hydrogens is 224 g/mol. The van der Waals surface area contributed by atoms with Crippen molar-refractivity contribution in [1.29, 1.82) is 5.26 Å². The van der Waals surface area contributed by atoms with Gasteiger partial charge >= 0.3 is 0 Å². The molecule has 0 amide bonds. The smallest absolute Gasteiger partial charge is 0.116 e. The van der Waals surface area contributed by atoms with Gasteiger partial charge in [0.1, 0.15) is 5.54 Å². The number of nitriles is 1. The Morgan fingerprint density at radius 3 is 2.61 bits per heavy atom. The fourth-order valence-corrected chi connectivity index (χ4v) is 3.15. The molecule has 0 bridgehead atoms. The van der Waals surface area contributed by atoms with Crippen LogP contribution < -0.4 is 5.32 Å². The molecule has 2 heterocycles. The van der Waals surface area contributed by atoms with Gasteiger partial charge in [0.05, 0.1) is 6.07 Å². The first-order chi connectivity index (χ1) is 8.67. The topological polar surface area (TPSA) is 42.3 Å². The lowest BCUT2D eigenvalue weighted by Gasteiger charge is -2.33. The molecule has 0 radical (unpaired) electrons. The molecule has 2 aliphatic rings. The van der Waals surface area contributed by atoms with Crippen molar-refractivity contribution in [2.45, 2.75) is 44.2 Å². The standard InChI is InChI=1S/C14H26N4/c1-14(11-15,16-2)12-17-9-6-13(10-17)18-7-4-3-5-8-18/h13,16H,3-10,12H2,1-2H3. The Hall–Kier alpha value is -0.630. The molecule has 2 saturated heterocycles. The van der Waals surface area contributed by atoms with Crippen molar-refractivity contribution >= 4 is 0 Å². The van der Waals surface area contributed by atoms with Crippen LogP contribution in [0.25, 0.3) is 0 Å². The molecule has 2 aliphatic heterocycles. The first-order valence-electron chi connectivity index (χ1n) is 7.23. The summed E-state index contributed by atoms with van der Waals surface area (Å²) in [6, 6.07) is 3.11. The average Bonchev–Trinajstić information content (AvgIpc) is 2.88. The van der Waals surface area contributed by atoms with Crippen LogP contribution in [0.3, 0.4) is 0 Å². The van der Waals surface area contributed by atoms with Gasteiger partial charge in [-0.15, -0.1) is 0 Å². The van der Waals surface area contributed by atoms with Crippen LogP contribution in [0, 0.1) is 11.3 Å². The molecule has 2 fully saturated rings. The average molecular weight is 250 g/mol. The summed E-state index contributed by atoms with van der Waals surface area (Å²) in [5, 5.41) is 12.3. The first-order valence-corrected chi connectivity index (χ1v) is 7.23. The third-order valence-electron chi connectivity index (χ3n) is 4.49. The number of nitrogens with one attached hydrogen (secondary N) is 1. The summed E-state index contributed by atoms with van der Waals surface area (Å²) < 4.78 is 0. The molecule has 0 aromatic heterocycles. The Labute approximate surface area is 111 Å². The number of likely N-dealkylation sites (tertiary alicyclic amines) is 2. The lowest BCUT2D eigenvalue weighted by molar-refractivity contribution is 0.158. The van der Waals surface area contributed by atoms with Gasteiger partial charge in [0.25, 0.3) is 0 Å². The summed E-state index contributed by atoms with van der Waals surface area (Å²) in [4.78, 5) is 5.10. The summed E-state index contributed by atoms with van der Waals surface area (Å²) in [5.74, 6) is 0. The molecular formula is C14H26N4. The molecule has 2 atom stereocenters. The summed E-state index contributed by atoms with van der Waals surface area (Å²) in [6.45, 7) is 7.66. The van der Waals surface area contributed by atoms with Crippen LogP contribution in [0.2, 0.25) is 0 Å². The zero-order chi connectivity index (χ0) is 13.0. The van der Waals surface area contributed by atoms with Crippen LogP contribution in [0.1, 0.15) is 32.6 Å². The highest BCUT2D eigenvalue weighted by Crippen LogP contribution is 2.21. The van der Waals surface area contributed by atoms with Gasteiger partial charge in [0.15, 0.2) is 0 Å². The van der Waals surface area contributed by atoms with Gasteiger partial charge in [0, 0.05) is 19.1 Å². The highest BCUT2D eigenvalue weighted by atomic mass is 15.3. The fourth-order valence-electron chi connectivity index (χ4n) is 3.15. The second-order valence-corrected chi connectivity index (χ2v) is 5.97. The SMILES string of the molecule is CNC(C)(C#N)CN1CCC(N2CCCCC2)C1. The van der Waals surface area contributed by atoms with Gasteiger partial charge < -0.3 is 5.32 Å². The van der Waals surface area contributed by atoms with E-state index in [2.05, 4.69) is 21.2 Å². The van der Waals surface area contributed by atoms with E-state index >= 15 is 0 Å². The Bertz CT molecular complexity index is 305. The second kappa shape index (κ2) is 6.01. The molecule has 0 saturated carbocycles. The monoisotopic (exact) mass is 250 g/mol. The van der Waals surface area contributed by atoms with E-state index in [1.807, 2.05) is 14.0 Å². The zero-order valence-electron chi connectivity index (χ0n) is 11.8. The predicted molar refractivity (Wildman–Crippen MR) is 73.3 cm³/mol. The number of likely N-dealkylation sites (N-methyl/N-ethyl adjacent to an activating group) is 1. The molecule has 102 valence electrons.